The first-order valence-corrected chi connectivity index (χ1v) is 12.3. The van der Waals surface area contributed by atoms with Crippen LogP contribution in [-0.2, 0) is 9.22 Å². The summed E-state index contributed by atoms with van der Waals surface area (Å²) in [5.74, 6) is 1.77. The Labute approximate surface area is 148 Å². The third-order valence-electron chi connectivity index (χ3n) is 7.54. The molecule has 134 valence electrons. The van der Waals surface area contributed by atoms with Crippen LogP contribution in [-0.4, -0.2) is 20.2 Å². The molecular formula is C21H34O2Si. The molecule has 0 bridgehead atoms. The molecule has 0 aliphatic heterocycles. The summed E-state index contributed by atoms with van der Waals surface area (Å²) in [6.45, 7) is 22.4. The summed E-state index contributed by atoms with van der Waals surface area (Å²) < 4.78 is 6.89. The molecule has 3 heteroatoms. The second-order valence-electron chi connectivity index (χ2n) is 10.1. The number of allylic oxidation sites excluding steroid dienone is 3. The van der Waals surface area contributed by atoms with Crippen LogP contribution in [0.5, 0.6) is 0 Å². The van der Waals surface area contributed by atoms with Gasteiger partial charge in [0.15, 0.2) is 14.1 Å². The van der Waals surface area contributed by atoms with Crippen LogP contribution in [0.1, 0.15) is 48.0 Å². The predicted molar refractivity (Wildman–Crippen MR) is 102 cm³/mol. The maximum absolute atomic E-state index is 12.6. The summed E-state index contributed by atoms with van der Waals surface area (Å²) >= 11 is 0. The van der Waals surface area contributed by atoms with Gasteiger partial charge in [0.25, 0.3) is 0 Å². The monoisotopic (exact) mass is 346 g/mol. The highest BCUT2D eigenvalue weighted by molar-refractivity contribution is 6.74. The molecular weight excluding hydrogens is 312 g/mol. The van der Waals surface area contributed by atoms with E-state index >= 15 is 0 Å². The van der Waals surface area contributed by atoms with Gasteiger partial charge in [0, 0.05) is 23.4 Å². The van der Waals surface area contributed by atoms with Crippen molar-refractivity contribution in [3.8, 4) is 0 Å². The Hall–Kier alpha value is -0.673. The normalized spacial score (nSPS) is 41.6. The average Bonchev–Trinajstić information content (AvgIpc) is 3.00. The van der Waals surface area contributed by atoms with Gasteiger partial charge in [-0.3, -0.25) is 4.79 Å². The highest BCUT2D eigenvalue weighted by Crippen LogP contribution is 2.77. The van der Waals surface area contributed by atoms with Crippen LogP contribution in [0.25, 0.3) is 0 Å². The van der Waals surface area contributed by atoms with E-state index in [0.717, 1.165) is 6.42 Å². The lowest BCUT2D eigenvalue weighted by molar-refractivity contribution is -0.122. The van der Waals surface area contributed by atoms with Crippen molar-refractivity contribution in [1.82, 2.24) is 0 Å². The fraction of sp³-hybridized carbons (Fsp3) is 0.762. The molecule has 0 N–H and O–H groups in total. The van der Waals surface area contributed by atoms with E-state index in [1.165, 1.54) is 11.1 Å². The predicted octanol–water partition coefficient (Wildman–Crippen LogP) is 5.37. The van der Waals surface area contributed by atoms with E-state index in [9.17, 15) is 4.79 Å². The van der Waals surface area contributed by atoms with Crippen LogP contribution >= 0.6 is 0 Å². The smallest absolute Gasteiger partial charge is 0.192 e. The number of rotatable bonds is 3. The summed E-state index contributed by atoms with van der Waals surface area (Å²) in [6, 6.07) is 0. The van der Waals surface area contributed by atoms with E-state index < -0.39 is 8.32 Å². The van der Waals surface area contributed by atoms with E-state index in [4.69, 9.17) is 4.43 Å². The van der Waals surface area contributed by atoms with Crippen molar-refractivity contribution in [1.29, 1.82) is 0 Å². The van der Waals surface area contributed by atoms with Gasteiger partial charge in [-0.15, -0.1) is 0 Å². The molecule has 0 heterocycles. The van der Waals surface area contributed by atoms with E-state index in [-0.39, 0.29) is 22.5 Å². The largest absolute Gasteiger partial charge is 0.414 e. The Morgan fingerprint density at radius 3 is 2.46 bits per heavy atom. The Bertz CT molecular complexity index is 624. The molecule has 2 nitrogen and oxygen atoms in total. The SMILES string of the molecule is C=C(C)[C@H]1[C@H]2[C@@H](O[Si](C)(C)C(C)(C)C)C[C@@H](C)C3C(=O)C=C(C)[C@@]321. The third kappa shape index (κ3) is 2.20. The molecule has 0 saturated heterocycles. The molecule has 0 aromatic rings. The van der Waals surface area contributed by atoms with Crippen LogP contribution in [0, 0.1) is 29.1 Å². The minimum absolute atomic E-state index is 0.0214. The van der Waals surface area contributed by atoms with Crippen molar-refractivity contribution in [2.45, 2.75) is 72.2 Å². The van der Waals surface area contributed by atoms with Crippen molar-refractivity contribution in [3.05, 3.63) is 23.8 Å². The minimum atomic E-state index is -1.82. The molecule has 1 unspecified atom stereocenters. The van der Waals surface area contributed by atoms with Gasteiger partial charge < -0.3 is 4.43 Å². The van der Waals surface area contributed by atoms with Crippen molar-refractivity contribution in [2.75, 3.05) is 0 Å². The van der Waals surface area contributed by atoms with Gasteiger partial charge in [0.05, 0.1) is 0 Å². The quantitative estimate of drug-likeness (QED) is 0.507. The molecule has 0 radical (unpaired) electrons. The van der Waals surface area contributed by atoms with E-state index in [1.54, 1.807) is 0 Å². The van der Waals surface area contributed by atoms with Gasteiger partial charge in [-0.05, 0) is 56.3 Å². The summed E-state index contributed by atoms with van der Waals surface area (Å²) in [6.07, 6.45) is 3.21. The first kappa shape index (κ1) is 18.1. The number of carbonyl (C=O) groups excluding carboxylic acids is 1. The number of hydrogen-bond donors (Lipinski definition) is 0. The van der Waals surface area contributed by atoms with Gasteiger partial charge >= 0.3 is 0 Å². The van der Waals surface area contributed by atoms with Gasteiger partial charge in [-0.2, -0.15) is 0 Å². The zero-order chi connectivity index (χ0) is 18.2. The molecule has 0 aromatic carbocycles. The second-order valence-corrected chi connectivity index (χ2v) is 14.9. The molecule has 0 aromatic heterocycles. The Kier molecular flexibility index (Phi) is 3.90. The van der Waals surface area contributed by atoms with Crippen molar-refractivity contribution >= 4 is 14.1 Å². The zero-order valence-electron chi connectivity index (χ0n) is 16.7. The van der Waals surface area contributed by atoms with Crippen molar-refractivity contribution in [3.63, 3.8) is 0 Å². The topological polar surface area (TPSA) is 26.3 Å². The molecule has 6 atom stereocenters. The highest BCUT2D eigenvalue weighted by Gasteiger charge is 2.77. The number of hydrogen-bond acceptors (Lipinski definition) is 2. The number of ketones is 1. The highest BCUT2D eigenvalue weighted by atomic mass is 28.4. The maximum atomic E-state index is 12.6. The molecule has 1 spiro atoms. The average molecular weight is 347 g/mol. The fourth-order valence-corrected chi connectivity index (χ4v) is 6.92. The van der Waals surface area contributed by atoms with E-state index in [2.05, 4.69) is 61.2 Å². The van der Waals surface area contributed by atoms with Crippen molar-refractivity contribution < 1.29 is 9.22 Å². The van der Waals surface area contributed by atoms with Crippen LogP contribution in [0.2, 0.25) is 18.1 Å². The molecule has 2 fully saturated rings. The van der Waals surface area contributed by atoms with E-state index in [0.29, 0.717) is 23.5 Å². The van der Waals surface area contributed by atoms with Crippen LogP contribution < -0.4 is 0 Å². The van der Waals surface area contributed by atoms with Gasteiger partial charge in [-0.25, -0.2) is 0 Å². The Balaban J connectivity index is 1.98. The summed E-state index contributed by atoms with van der Waals surface area (Å²) in [4.78, 5) is 12.6. The lowest BCUT2D eigenvalue weighted by Gasteiger charge is -2.43. The Morgan fingerprint density at radius 1 is 1.38 bits per heavy atom. The minimum Gasteiger partial charge on any atom is -0.414 e. The van der Waals surface area contributed by atoms with Crippen molar-refractivity contribution in [2.24, 2.45) is 29.1 Å². The molecule has 3 aliphatic rings. The second kappa shape index (κ2) is 5.17. The molecule has 2 saturated carbocycles. The van der Waals surface area contributed by atoms with Crippen LogP contribution in [0.15, 0.2) is 23.8 Å². The van der Waals surface area contributed by atoms with Crippen LogP contribution in [0.3, 0.4) is 0 Å². The molecule has 3 aliphatic carbocycles. The molecule has 0 amide bonds. The molecule has 24 heavy (non-hydrogen) atoms. The van der Waals surface area contributed by atoms with Gasteiger partial charge in [0.2, 0.25) is 0 Å². The lowest BCUT2D eigenvalue weighted by atomic mass is 9.70. The summed E-state index contributed by atoms with van der Waals surface area (Å²) in [5.41, 5.74) is 2.53. The van der Waals surface area contributed by atoms with E-state index in [1.807, 2.05) is 6.08 Å². The Morgan fingerprint density at radius 2 is 1.96 bits per heavy atom. The number of carbonyl (C=O) groups is 1. The first-order chi connectivity index (χ1) is 10.9. The standard InChI is InChI=1S/C21H34O2Si/c1-12(2)17-19-16(23-24(8,9)20(5,6)7)10-13(3)18-15(22)11-14(4)21(17,18)19/h11,13,16-19H,1,10H2,2-9H3/t13-,16+,17+,18?,19-,21-/m1/s1. The van der Waals surface area contributed by atoms with Crippen LogP contribution in [0.4, 0.5) is 0 Å². The van der Waals surface area contributed by atoms with Gasteiger partial charge in [0.1, 0.15) is 0 Å². The first-order valence-electron chi connectivity index (χ1n) is 9.41. The third-order valence-corrected chi connectivity index (χ3v) is 12.0. The van der Waals surface area contributed by atoms with Gasteiger partial charge in [-0.1, -0.05) is 45.4 Å². The fourth-order valence-electron chi connectivity index (χ4n) is 5.57. The lowest BCUT2D eigenvalue weighted by Crippen LogP contribution is -2.48. The zero-order valence-corrected chi connectivity index (χ0v) is 17.7. The summed E-state index contributed by atoms with van der Waals surface area (Å²) in [5, 5.41) is 0.213. The summed E-state index contributed by atoms with van der Waals surface area (Å²) in [7, 11) is -1.82. The maximum Gasteiger partial charge on any atom is 0.192 e. The molecule has 3 rings (SSSR count).